The lowest BCUT2D eigenvalue weighted by Crippen LogP contribution is -2.01. The Hall–Kier alpha value is -1.22. The normalized spacial score (nSPS) is 10.0. The van der Waals surface area contributed by atoms with Gasteiger partial charge >= 0.3 is 0 Å². The molecular weight excluding hydrogens is 166 g/mol. The highest BCUT2D eigenvalue weighted by Crippen LogP contribution is 2.25. The summed E-state index contributed by atoms with van der Waals surface area (Å²) in [5, 5.41) is 8.64. The number of rotatable bonds is 4. The molecule has 0 aliphatic rings. The van der Waals surface area contributed by atoms with E-state index in [2.05, 4.69) is 6.92 Å². The summed E-state index contributed by atoms with van der Waals surface area (Å²) in [5.41, 5.74) is 7.49. The summed E-state index contributed by atoms with van der Waals surface area (Å²) >= 11 is 0. The molecule has 1 aromatic rings. The maximum atomic E-state index is 8.64. The Balaban J connectivity index is 2.95. The summed E-state index contributed by atoms with van der Waals surface area (Å²) in [7, 11) is 0. The van der Waals surface area contributed by atoms with Crippen molar-refractivity contribution in [2.24, 2.45) is 0 Å². The molecule has 3 N–H and O–H groups in total. The summed E-state index contributed by atoms with van der Waals surface area (Å²) in [5.74, 6) is 0.685. The minimum atomic E-state index is -0.305. The fourth-order valence-electron chi connectivity index (χ4n) is 1.30. The number of aliphatic hydroxyl groups is 1. The van der Waals surface area contributed by atoms with Crippen LogP contribution in [-0.4, -0.2) is 11.9 Å². The van der Waals surface area contributed by atoms with Gasteiger partial charge in [-0.1, -0.05) is 19.4 Å². The van der Waals surface area contributed by atoms with Crippen molar-refractivity contribution in [3.63, 3.8) is 0 Å². The van der Waals surface area contributed by atoms with Crippen molar-refractivity contribution in [3.8, 4) is 5.75 Å². The molecule has 72 valence electrons. The number of hydrogen-bond acceptors (Lipinski definition) is 3. The number of aliphatic hydroxyl groups excluding tert-OH is 1. The van der Waals surface area contributed by atoms with Crippen LogP contribution < -0.4 is 10.5 Å². The SMILES string of the molecule is CCCc1c(N)cccc1OCO. The van der Waals surface area contributed by atoms with Gasteiger partial charge in [0.25, 0.3) is 0 Å². The molecule has 1 aromatic carbocycles. The van der Waals surface area contributed by atoms with Crippen LogP contribution in [0.4, 0.5) is 5.69 Å². The van der Waals surface area contributed by atoms with Crippen molar-refractivity contribution in [1.82, 2.24) is 0 Å². The average molecular weight is 181 g/mol. The number of nitrogens with two attached hydrogens (primary N) is 1. The largest absolute Gasteiger partial charge is 0.467 e. The van der Waals surface area contributed by atoms with Crippen molar-refractivity contribution < 1.29 is 9.84 Å². The number of nitrogen functional groups attached to an aromatic ring is 1. The minimum absolute atomic E-state index is 0.305. The molecule has 13 heavy (non-hydrogen) atoms. The fourth-order valence-corrected chi connectivity index (χ4v) is 1.30. The lowest BCUT2D eigenvalue weighted by Gasteiger charge is -2.10. The zero-order chi connectivity index (χ0) is 9.68. The summed E-state index contributed by atoms with van der Waals surface area (Å²) in [6.45, 7) is 1.77. The van der Waals surface area contributed by atoms with Gasteiger partial charge in [0.05, 0.1) is 0 Å². The summed E-state index contributed by atoms with van der Waals surface area (Å²) in [6.07, 6.45) is 1.89. The van der Waals surface area contributed by atoms with Crippen LogP contribution in [0.1, 0.15) is 18.9 Å². The van der Waals surface area contributed by atoms with Crippen molar-refractivity contribution in [2.75, 3.05) is 12.5 Å². The van der Waals surface area contributed by atoms with E-state index in [-0.39, 0.29) is 6.79 Å². The molecule has 3 nitrogen and oxygen atoms in total. The van der Waals surface area contributed by atoms with Gasteiger partial charge in [-0.15, -0.1) is 0 Å². The van der Waals surface area contributed by atoms with E-state index in [1.807, 2.05) is 18.2 Å². The first-order valence-corrected chi connectivity index (χ1v) is 4.40. The van der Waals surface area contributed by atoms with Crippen LogP contribution in [0.2, 0.25) is 0 Å². The third-order valence-electron chi connectivity index (χ3n) is 1.89. The van der Waals surface area contributed by atoms with Crippen LogP contribution in [0.25, 0.3) is 0 Å². The predicted molar refractivity (Wildman–Crippen MR) is 52.6 cm³/mol. The fraction of sp³-hybridized carbons (Fsp3) is 0.400. The van der Waals surface area contributed by atoms with E-state index in [1.165, 1.54) is 0 Å². The second-order valence-corrected chi connectivity index (χ2v) is 2.85. The number of ether oxygens (including phenoxy) is 1. The van der Waals surface area contributed by atoms with E-state index < -0.39 is 0 Å². The van der Waals surface area contributed by atoms with Gasteiger partial charge in [-0.05, 0) is 18.6 Å². The predicted octanol–water partition coefficient (Wildman–Crippen LogP) is 1.55. The first-order chi connectivity index (χ1) is 6.29. The number of anilines is 1. The number of benzene rings is 1. The zero-order valence-electron chi connectivity index (χ0n) is 7.79. The van der Waals surface area contributed by atoms with Gasteiger partial charge in [-0.3, -0.25) is 0 Å². The Labute approximate surface area is 78.1 Å². The van der Waals surface area contributed by atoms with Crippen LogP contribution in [-0.2, 0) is 6.42 Å². The lowest BCUT2D eigenvalue weighted by molar-refractivity contribution is 0.0976. The molecular formula is C10H15NO2. The molecule has 0 aliphatic carbocycles. The van der Waals surface area contributed by atoms with Crippen LogP contribution >= 0.6 is 0 Å². The summed E-state index contributed by atoms with van der Waals surface area (Å²) in [6, 6.07) is 5.48. The molecule has 0 unspecified atom stereocenters. The Bertz CT molecular complexity index is 274. The van der Waals surface area contributed by atoms with Crippen molar-refractivity contribution in [2.45, 2.75) is 19.8 Å². The van der Waals surface area contributed by atoms with E-state index >= 15 is 0 Å². The van der Waals surface area contributed by atoms with Crippen molar-refractivity contribution >= 4 is 5.69 Å². The third-order valence-corrected chi connectivity index (χ3v) is 1.89. The molecule has 0 bridgehead atoms. The first-order valence-electron chi connectivity index (χ1n) is 4.40. The second kappa shape index (κ2) is 4.72. The maximum Gasteiger partial charge on any atom is 0.186 e. The molecule has 0 aliphatic heterocycles. The molecule has 0 amide bonds. The maximum absolute atomic E-state index is 8.64. The van der Waals surface area contributed by atoms with Gasteiger partial charge in [-0.25, -0.2) is 0 Å². The van der Waals surface area contributed by atoms with Crippen LogP contribution in [0.5, 0.6) is 5.75 Å². The van der Waals surface area contributed by atoms with Crippen LogP contribution in [0.15, 0.2) is 18.2 Å². The topological polar surface area (TPSA) is 55.5 Å². The van der Waals surface area contributed by atoms with Crippen molar-refractivity contribution in [1.29, 1.82) is 0 Å². The van der Waals surface area contributed by atoms with Crippen LogP contribution in [0.3, 0.4) is 0 Å². The van der Waals surface area contributed by atoms with E-state index in [1.54, 1.807) is 0 Å². The van der Waals surface area contributed by atoms with Gasteiger partial charge in [-0.2, -0.15) is 0 Å². The molecule has 0 atom stereocenters. The smallest absolute Gasteiger partial charge is 0.186 e. The van der Waals surface area contributed by atoms with Crippen molar-refractivity contribution in [3.05, 3.63) is 23.8 Å². The average Bonchev–Trinajstić information content (AvgIpc) is 2.11. The Morgan fingerprint density at radius 1 is 1.46 bits per heavy atom. The Kier molecular flexibility index (Phi) is 3.58. The first kappa shape index (κ1) is 9.86. The second-order valence-electron chi connectivity index (χ2n) is 2.85. The number of hydrogen-bond donors (Lipinski definition) is 2. The van der Waals surface area contributed by atoms with Gasteiger partial charge in [0.2, 0.25) is 0 Å². The molecule has 0 radical (unpaired) electrons. The summed E-state index contributed by atoms with van der Waals surface area (Å²) in [4.78, 5) is 0. The summed E-state index contributed by atoms with van der Waals surface area (Å²) < 4.78 is 5.05. The highest BCUT2D eigenvalue weighted by atomic mass is 16.6. The lowest BCUT2D eigenvalue weighted by atomic mass is 10.1. The van der Waals surface area contributed by atoms with Gasteiger partial charge in [0.15, 0.2) is 6.79 Å². The van der Waals surface area contributed by atoms with E-state index in [9.17, 15) is 0 Å². The Morgan fingerprint density at radius 3 is 2.85 bits per heavy atom. The van der Waals surface area contributed by atoms with Gasteiger partial charge < -0.3 is 15.6 Å². The Morgan fingerprint density at radius 2 is 2.23 bits per heavy atom. The molecule has 0 heterocycles. The standard InChI is InChI=1S/C10H15NO2/c1-2-4-8-9(11)5-3-6-10(8)13-7-12/h3,5-6,12H,2,4,7,11H2,1H3. The molecule has 3 heteroatoms. The van der Waals surface area contributed by atoms with E-state index in [4.69, 9.17) is 15.6 Å². The monoisotopic (exact) mass is 181 g/mol. The highest BCUT2D eigenvalue weighted by Gasteiger charge is 2.05. The molecule has 0 spiro atoms. The van der Waals surface area contributed by atoms with E-state index in [0.717, 1.165) is 24.1 Å². The molecule has 0 fully saturated rings. The quantitative estimate of drug-likeness (QED) is 0.547. The molecule has 0 saturated carbocycles. The molecule has 1 rings (SSSR count). The molecule has 0 aromatic heterocycles. The van der Waals surface area contributed by atoms with Gasteiger partial charge in [0, 0.05) is 11.3 Å². The molecule has 0 saturated heterocycles. The minimum Gasteiger partial charge on any atom is -0.467 e. The highest BCUT2D eigenvalue weighted by molar-refractivity contribution is 5.54. The zero-order valence-corrected chi connectivity index (χ0v) is 7.79. The van der Waals surface area contributed by atoms with Crippen LogP contribution in [0, 0.1) is 0 Å². The third kappa shape index (κ3) is 2.36. The van der Waals surface area contributed by atoms with E-state index in [0.29, 0.717) is 5.75 Å². The van der Waals surface area contributed by atoms with Gasteiger partial charge in [0.1, 0.15) is 5.75 Å².